The summed E-state index contributed by atoms with van der Waals surface area (Å²) < 4.78 is 15.1. The molecular formula is C16H16N2O5S2. The number of esters is 1. The number of anilines is 1. The molecule has 0 radical (unpaired) electrons. The van der Waals surface area contributed by atoms with Crippen LogP contribution in [0.5, 0.6) is 11.5 Å². The zero-order chi connectivity index (χ0) is 18.4. The molecule has 7 nitrogen and oxygen atoms in total. The van der Waals surface area contributed by atoms with Gasteiger partial charge >= 0.3 is 5.97 Å². The Morgan fingerprint density at radius 2 is 1.84 bits per heavy atom. The molecule has 0 saturated heterocycles. The number of hydrogen-bond donors (Lipinski definition) is 1. The van der Waals surface area contributed by atoms with Gasteiger partial charge in [0, 0.05) is 17.0 Å². The standard InChI is InChI=1S/C16H16N2O5S2/c1-4-23-15(20)12-8-25-16(17-12)18-14(24)13(19)9-5-10(21-2)7-11(6-9)22-3/h5-8H,4H2,1-3H3,(H,17,18,24). The van der Waals surface area contributed by atoms with Crippen molar-refractivity contribution >= 4 is 45.4 Å². The van der Waals surface area contributed by atoms with Gasteiger partial charge in [0.1, 0.15) is 11.5 Å². The van der Waals surface area contributed by atoms with Crippen molar-refractivity contribution in [1.82, 2.24) is 4.98 Å². The number of ether oxygens (including phenoxy) is 3. The Morgan fingerprint density at radius 1 is 1.20 bits per heavy atom. The van der Waals surface area contributed by atoms with Gasteiger partial charge in [0.25, 0.3) is 0 Å². The van der Waals surface area contributed by atoms with Crippen LogP contribution < -0.4 is 14.8 Å². The Hall–Kier alpha value is -2.52. The first-order valence-corrected chi connectivity index (χ1v) is 8.48. The van der Waals surface area contributed by atoms with Crippen LogP contribution in [0.15, 0.2) is 23.6 Å². The number of benzene rings is 1. The molecule has 0 aliphatic rings. The van der Waals surface area contributed by atoms with Crippen molar-refractivity contribution in [2.75, 3.05) is 26.1 Å². The highest BCUT2D eigenvalue weighted by atomic mass is 32.1. The summed E-state index contributed by atoms with van der Waals surface area (Å²) in [7, 11) is 2.98. The molecule has 1 aromatic heterocycles. The topological polar surface area (TPSA) is 86.8 Å². The molecule has 1 N–H and O–H groups in total. The second kappa shape index (κ2) is 8.54. The first kappa shape index (κ1) is 18.8. The molecule has 0 aliphatic heterocycles. The number of hydrogen-bond acceptors (Lipinski definition) is 8. The van der Waals surface area contributed by atoms with Gasteiger partial charge in [-0.3, -0.25) is 4.79 Å². The summed E-state index contributed by atoms with van der Waals surface area (Å²) in [4.78, 5) is 28.1. The Kier molecular flexibility index (Phi) is 6.43. The number of rotatable bonds is 7. The van der Waals surface area contributed by atoms with E-state index in [1.807, 2.05) is 0 Å². The molecule has 0 saturated carbocycles. The molecule has 2 aromatic rings. The normalized spacial score (nSPS) is 10.0. The van der Waals surface area contributed by atoms with Gasteiger partial charge in [0.2, 0.25) is 5.78 Å². The lowest BCUT2D eigenvalue weighted by atomic mass is 10.1. The molecule has 2 rings (SSSR count). The number of thiazole rings is 1. The van der Waals surface area contributed by atoms with Crippen LogP contribution in [0.25, 0.3) is 0 Å². The molecule has 9 heteroatoms. The summed E-state index contributed by atoms with van der Waals surface area (Å²) in [5.74, 6) is 0.00959. The third-order valence-electron chi connectivity index (χ3n) is 3.03. The van der Waals surface area contributed by atoms with Crippen LogP contribution in [0.3, 0.4) is 0 Å². The second-order valence-electron chi connectivity index (χ2n) is 4.64. The molecule has 0 spiro atoms. The zero-order valence-corrected chi connectivity index (χ0v) is 15.5. The van der Waals surface area contributed by atoms with Crippen LogP contribution in [0, 0.1) is 0 Å². The Bertz CT molecular complexity index is 781. The van der Waals surface area contributed by atoms with Gasteiger partial charge < -0.3 is 19.5 Å². The maximum atomic E-state index is 12.5. The fourth-order valence-electron chi connectivity index (χ4n) is 1.85. The number of carbonyl (C=O) groups excluding carboxylic acids is 2. The highest BCUT2D eigenvalue weighted by molar-refractivity contribution is 7.82. The van der Waals surface area contributed by atoms with E-state index in [0.717, 1.165) is 11.3 Å². The molecule has 0 bridgehead atoms. The van der Waals surface area contributed by atoms with Gasteiger partial charge in [-0.15, -0.1) is 11.3 Å². The van der Waals surface area contributed by atoms with Crippen LogP contribution in [0.1, 0.15) is 27.8 Å². The van der Waals surface area contributed by atoms with E-state index in [2.05, 4.69) is 10.3 Å². The van der Waals surface area contributed by atoms with Gasteiger partial charge in [-0.05, 0) is 19.1 Å². The average Bonchev–Trinajstić information content (AvgIpc) is 3.09. The predicted octanol–water partition coefficient (Wildman–Crippen LogP) is 2.96. The van der Waals surface area contributed by atoms with Gasteiger partial charge in [-0.1, -0.05) is 12.2 Å². The predicted molar refractivity (Wildman–Crippen MR) is 98.2 cm³/mol. The smallest absolute Gasteiger partial charge is 0.357 e. The summed E-state index contributed by atoms with van der Waals surface area (Å²) in [6, 6.07) is 4.77. The number of nitrogens with zero attached hydrogens (tertiary/aromatic N) is 1. The van der Waals surface area contributed by atoms with Crippen molar-refractivity contribution in [2.45, 2.75) is 6.92 Å². The lowest BCUT2D eigenvalue weighted by Gasteiger charge is -2.08. The summed E-state index contributed by atoms with van der Waals surface area (Å²) >= 11 is 6.28. The second-order valence-corrected chi connectivity index (χ2v) is 5.91. The van der Waals surface area contributed by atoms with Crippen molar-refractivity contribution in [2.24, 2.45) is 0 Å². The average molecular weight is 380 g/mol. The Labute approximate surface area is 153 Å². The number of aromatic nitrogens is 1. The highest BCUT2D eigenvalue weighted by Gasteiger charge is 2.18. The Balaban J connectivity index is 2.13. The van der Waals surface area contributed by atoms with Crippen LogP contribution in [-0.4, -0.2) is 42.6 Å². The van der Waals surface area contributed by atoms with E-state index in [-0.39, 0.29) is 17.3 Å². The minimum absolute atomic E-state index is 0.0555. The van der Waals surface area contributed by atoms with E-state index < -0.39 is 11.8 Å². The minimum atomic E-state index is -0.526. The summed E-state index contributed by atoms with van der Waals surface area (Å²) in [6.07, 6.45) is 0. The van der Waals surface area contributed by atoms with E-state index in [0.29, 0.717) is 22.2 Å². The summed E-state index contributed by atoms with van der Waals surface area (Å²) in [5.41, 5.74) is 0.475. The van der Waals surface area contributed by atoms with Crippen LogP contribution in [0.2, 0.25) is 0 Å². The maximum Gasteiger partial charge on any atom is 0.357 e. The monoisotopic (exact) mass is 380 g/mol. The molecule has 1 heterocycles. The number of thiocarbonyl (C=S) groups is 1. The SMILES string of the molecule is CCOC(=O)c1csc(NC(=S)C(=O)c2cc(OC)cc(OC)c2)n1. The quantitative estimate of drug-likeness (QED) is 0.446. The van der Waals surface area contributed by atoms with Crippen LogP contribution >= 0.6 is 23.6 Å². The molecule has 0 unspecified atom stereocenters. The van der Waals surface area contributed by atoms with Crippen molar-refractivity contribution in [3.8, 4) is 11.5 Å². The van der Waals surface area contributed by atoms with Gasteiger partial charge in [-0.2, -0.15) is 0 Å². The number of nitrogens with one attached hydrogen (secondary N) is 1. The van der Waals surface area contributed by atoms with Gasteiger partial charge in [0.05, 0.1) is 20.8 Å². The summed E-state index contributed by atoms with van der Waals surface area (Å²) in [6.45, 7) is 1.97. The molecule has 0 fully saturated rings. The van der Waals surface area contributed by atoms with Crippen molar-refractivity contribution in [1.29, 1.82) is 0 Å². The van der Waals surface area contributed by atoms with Gasteiger partial charge in [0.15, 0.2) is 15.8 Å². The third kappa shape index (κ3) is 4.74. The van der Waals surface area contributed by atoms with E-state index in [9.17, 15) is 9.59 Å². The molecule has 1 aromatic carbocycles. The maximum absolute atomic E-state index is 12.5. The molecule has 25 heavy (non-hydrogen) atoms. The lowest BCUT2D eigenvalue weighted by molar-refractivity contribution is 0.0520. The van der Waals surface area contributed by atoms with E-state index in [1.54, 1.807) is 25.1 Å². The minimum Gasteiger partial charge on any atom is -0.497 e. The third-order valence-corrected chi connectivity index (χ3v) is 4.07. The zero-order valence-electron chi connectivity index (χ0n) is 13.8. The number of ketones is 1. The number of carbonyl (C=O) groups is 2. The van der Waals surface area contributed by atoms with Crippen molar-refractivity contribution in [3.63, 3.8) is 0 Å². The van der Waals surface area contributed by atoms with Crippen molar-refractivity contribution < 1.29 is 23.8 Å². The van der Waals surface area contributed by atoms with E-state index in [1.165, 1.54) is 19.6 Å². The number of Topliss-reactive ketones (excluding diaryl/α,β-unsaturated/α-hetero) is 1. The lowest BCUT2D eigenvalue weighted by Crippen LogP contribution is -2.21. The van der Waals surface area contributed by atoms with E-state index >= 15 is 0 Å². The largest absolute Gasteiger partial charge is 0.497 e. The summed E-state index contributed by atoms with van der Waals surface area (Å²) in [5, 5.41) is 4.59. The number of methoxy groups -OCH3 is 2. The van der Waals surface area contributed by atoms with Gasteiger partial charge in [-0.25, -0.2) is 9.78 Å². The first-order chi connectivity index (χ1) is 12.0. The molecular weight excluding hydrogens is 364 g/mol. The van der Waals surface area contributed by atoms with E-state index in [4.69, 9.17) is 26.4 Å². The van der Waals surface area contributed by atoms with Crippen LogP contribution in [-0.2, 0) is 4.74 Å². The Morgan fingerprint density at radius 3 is 2.40 bits per heavy atom. The first-order valence-electron chi connectivity index (χ1n) is 7.19. The fraction of sp³-hybridized carbons (Fsp3) is 0.250. The molecule has 132 valence electrons. The fourth-order valence-corrected chi connectivity index (χ4v) is 2.82. The molecule has 0 aliphatic carbocycles. The molecule has 0 amide bonds. The van der Waals surface area contributed by atoms with Crippen molar-refractivity contribution in [3.05, 3.63) is 34.8 Å². The molecule has 0 atom stereocenters. The van der Waals surface area contributed by atoms with Crippen LogP contribution in [0.4, 0.5) is 5.13 Å². The highest BCUT2D eigenvalue weighted by Crippen LogP contribution is 2.23.